The normalized spacial score (nSPS) is 11.7. The molecule has 0 fully saturated rings. The number of aliphatic hydroxyl groups excluding tert-OH is 1. The summed E-state index contributed by atoms with van der Waals surface area (Å²) in [5.74, 6) is 0. The minimum atomic E-state index is -0.472. The maximum Gasteiger partial charge on any atom is 0.0936 e. The maximum atomic E-state index is 7.92. The van der Waals surface area contributed by atoms with E-state index >= 15 is 0 Å². The van der Waals surface area contributed by atoms with Crippen molar-refractivity contribution in [2.75, 3.05) is 13.2 Å². The lowest BCUT2D eigenvalue weighted by Gasteiger charge is -1.86. The van der Waals surface area contributed by atoms with E-state index in [0.29, 0.717) is 0 Å². The van der Waals surface area contributed by atoms with Gasteiger partial charge in [-0.3, -0.25) is 0 Å². The first kappa shape index (κ1) is 12.0. The molecule has 9 heavy (non-hydrogen) atoms. The van der Waals surface area contributed by atoms with Gasteiger partial charge in [0.1, 0.15) is 0 Å². The van der Waals surface area contributed by atoms with Crippen LogP contribution >= 0.6 is 12.6 Å². The Morgan fingerprint density at radius 1 is 1.44 bits per heavy atom. The Labute approximate surface area is 62.6 Å². The van der Waals surface area contributed by atoms with E-state index in [1.807, 2.05) is 13.8 Å². The molecule has 58 valence electrons. The summed E-state index contributed by atoms with van der Waals surface area (Å²) in [4.78, 5) is 0. The molecule has 1 unspecified atom stereocenters. The third-order valence-corrected chi connectivity index (χ3v) is 0.408. The van der Waals surface area contributed by atoms with E-state index < -0.39 is 5.44 Å². The molecule has 0 bridgehead atoms. The van der Waals surface area contributed by atoms with Crippen LogP contribution in [0, 0.1) is 0 Å². The van der Waals surface area contributed by atoms with Crippen LogP contribution in [0.2, 0.25) is 0 Å². The summed E-state index contributed by atoms with van der Waals surface area (Å²) in [6.07, 6.45) is 0. The van der Waals surface area contributed by atoms with Gasteiger partial charge in [0.15, 0.2) is 0 Å². The average Bonchev–Trinajstić information content (AvgIpc) is 1.66. The molecule has 0 aromatic carbocycles. The van der Waals surface area contributed by atoms with Crippen LogP contribution in [0.25, 0.3) is 0 Å². The molecule has 3 heteroatoms. The first-order valence-electron chi connectivity index (χ1n) is 3.09. The lowest BCUT2D eigenvalue weighted by atomic mass is 10.8. The quantitative estimate of drug-likeness (QED) is 0.461. The fourth-order valence-electron chi connectivity index (χ4n) is 0.204. The lowest BCUT2D eigenvalue weighted by Crippen LogP contribution is -1.84. The predicted molar refractivity (Wildman–Crippen MR) is 42.8 cm³/mol. The Morgan fingerprint density at radius 3 is 1.67 bits per heavy atom. The van der Waals surface area contributed by atoms with E-state index in [1.165, 1.54) is 0 Å². The van der Waals surface area contributed by atoms with Crippen molar-refractivity contribution < 1.29 is 9.84 Å². The van der Waals surface area contributed by atoms with Crippen LogP contribution in [0.15, 0.2) is 0 Å². The second-order valence-corrected chi connectivity index (χ2v) is 2.16. The van der Waals surface area contributed by atoms with Gasteiger partial charge in [-0.05, 0) is 20.8 Å². The molecule has 0 rings (SSSR count). The monoisotopic (exact) mass is 152 g/mol. The Morgan fingerprint density at radius 2 is 1.67 bits per heavy atom. The molecule has 0 aliphatic rings. The molecular weight excluding hydrogens is 136 g/mol. The highest BCUT2D eigenvalue weighted by Crippen LogP contribution is 1.78. The third kappa shape index (κ3) is 63.1. The number of rotatable bonds is 2. The molecule has 0 aromatic rings. The summed E-state index contributed by atoms with van der Waals surface area (Å²) in [5.41, 5.74) is -0.472. The molecule has 0 aliphatic heterocycles. The summed E-state index contributed by atoms with van der Waals surface area (Å²) >= 11 is 3.52. The largest absolute Gasteiger partial charge is 0.383 e. The van der Waals surface area contributed by atoms with Crippen LogP contribution in [0.4, 0.5) is 0 Å². The Hall–Kier alpha value is 0.270. The van der Waals surface area contributed by atoms with Crippen molar-refractivity contribution in [2.45, 2.75) is 26.2 Å². The van der Waals surface area contributed by atoms with Gasteiger partial charge < -0.3 is 9.84 Å². The molecular formula is C6H16O2S. The van der Waals surface area contributed by atoms with E-state index in [-0.39, 0.29) is 0 Å². The Bertz CT molecular complexity index is 35.3. The predicted octanol–water partition coefficient (Wildman–Crippen LogP) is 1.30. The molecule has 1 atom stereocenters. The van der Waals surface area contributed by atoms with Crippen molar-refractivity contribution >= 4 is 12.6 Å². The van der Waals surface area contributed by atoms with Crippen LogP contribution in [0.1, 0.15) is 20.8 Å². The average molecular weight is 152 g/mol. The van der Waals surface area contributed by atoms with Crippen LogP contribution in [0.5, 0.6) is 0 Å². The summed E-state index contributed by atoms with van der Waals surface area (Å²) in [6.45, 7) is 7.25. The molecule has 0 saturated heterocycles. The molecule has 0 spiro atoms. The zero-order valence-corrected chi connectivity index (χ0v) is 7.19. The second-order valence-electron chi connectivity index (χ2n) is 1.41. The van der Waals surface area contributed by atoms with E-state index in [9.17, 15) is 0 Å². The van der Waals surface area contributed by atoms with Crippen molar-refractivity contribution in [3.05, 3.63) is 0 Å². The highest BCUT2D eigenvalue weighted by molar-refractivity contribution is 7.80. The summed E-state index contributed by atoms with van der Waals surface area (Å²) < 4.78 is 4.83. The first-order chi connectivity index (χ1) is 4.15. The topological polar surface area (TPSA) is 29.5 Å². The number of aliphatic hydroxyl groups is 1. The summed E-state index contributed by atoms with van der Waals surface area (Å²) in [7, 11) is 0. The van der Waals surface area contributed by atoms with E-state index in [2.05, 4.69) is 12.6 Å². The highest BCUT2D eigenvalue weighted by atomic mass is 32.1. The van der Waals surface area contributed by atoms with Gasteiger partial charge in [0.2, 0.25) is 0 Å². The SMILES string of the molecule is CC(O)S.CCOCC. The lowest BCUT2D eigenvalue weighted by molar-refractivity contribution is 0.162. The minimum Gasteiger partial charge on any atom is -0.383 e. The van der Waals surface area contributed by atoms with E-state index in [0.717, 1.165) is 13.2 Å². The van der Waals surface area contributed by atoms with Gasteiger partial charge in [-0.2, -0.15) is 0 Å². The van der Waals surface area contributed by atoms with Crippen molar-refractivity contribution in [3.8, 4) is 0 Å². The number of thiol groups is 1. The molecule has 1 N–H and O–H groups in total. The Balaban J connectivity index is 0. The summed E-state index contributed by atoms with van der Waals surface area (Å²) in [6, 6.07) is 0. The smallest absolute Gasteiger partial charge is 0.0936 e. The van der Waals surface area contributed by atoms with E-state index in [4.69, 9.17) is 9.84 Å². The molecule has 0 aliphatic carbocycles. The van der Waals surface area contributed by atoms with Crippen LogP contribution in [0.3, 0.4) is 0 Å². The highest BCUT2D eigenvalue weighted by Gasteiger charge is 1.70. The first-order valence-corrected chi connectivity index (χ1v) is 3.60. The van der Waals surface area contributed by atoms with Gasteiger partial charge >= 0.3 is 0 Å². The molecule has 0 heterocycles. The molecule has 0 amide bonds. The van der Waals surface area contributed by atoms with Gasteiger partial charge in [0.25, 0.3) is 0 Å². The van der Waals surface area contributed by atoms with Crippen LogP contribution in [-0.4, -0.2) is 23.8 Å². The van der Waals surface area contributed by atoms with Gasteiger partial charge in [-0.15, -0.1) is 12.6 Å². The Kier molecular flexibility index (Phi) is 14.8. The minimum absolute atomic E-state index is 0.472. The zero-order valence-electron chi connectivity index (χ0n) is 6.29. The van der Waals surface area contributed by atoms with Crippen molar-refractivity contribution in [3.63, 3.8) is 0 Å². The van der Waals surface area contributed by atoms with Crippen molar-refractivity contribution in [2.24, 2.45) is 0 Å². The van der Waals surface area contributed by atoms with Gasteiger partial charge in [0, 0.05) is 13.2 Å². The molecule has 2 nitrogen and oxygen atoms in total. The number of ether oxygens (including phenoxy) is 1. The number of hydrogen-bond acceptors (Lipinski definition) is 3. The van der Waals surface area contributed by atoms with Gasteiger partial charge in [0.05, 0.1) is 5.44 Å². The fraction of sp³-hybridized carbons (Fsp3) is 1.00. The second kappa shape index (κ2) is 11.1. The number of hydrogen-bond donors (Lipinski definition) is 2. The molecule has 0 saturated carbocycles. The van der Waals surface area contributed by atoms with Crippen LogP contribution < -0.4 is 0 Å². The molecule has 0 aromatic heterocycles. The van der Waals surface area contributed by atoms with Crippen molar-refractivity contribution in [1.82, 2.24) is 0 Å². The third-order valence-electron chi connectivity index (χ3n) is 0.408. The zero-order chi connectivity index (χ0) is 7.70. The standard InChI is InChI=1S/C4H10O.C2H6OS/c1-3-5-4-2;1-2(3)4/h3-4H2,1-2H3;2-4H,1H3. The molecule has 0 radical (unpaired) electrons. The maximum absolute atomic E-state index is 7.92. The van der Waals surface area contributed by atoms with Crippen LogP contribution in [-0.2, 0) is 4.74 Å². The van der Waals surface area contributed by atoms with E-state index in [1.54, 1.807) is 6.92 Å². The van der Waals surface area contributed by atoms with Crippen molar-refractivity contribution in [1.29, 1.82) is 0 Å². The summed E-state index contributed by atoms with van der Waals surface area (Å²) in [5, 5.41) is 7.92. The van der Waals surface area contributed by atoms with Gasteiger partial charge in [-0.1, -0.05) is 0 Å². The van der Waals surface area contributed by atoms with Gasteiger partial charge in [-0.25, -0.2) is 0 Å². The fourth-order valence-corrected chi connectivity index (χ4v) is 0.204.